The normalized spacial score (nSPS) is 24.0. The molecule has 7 heteroatoms. The van der Waals surface area contributed by atoms with Crippen molar-refractivity contribution < 1.29 is 19.1 Å². The Balaban J connectivity index is 1.17. The molecule has 0 aliphatic heterocycles. The van der Waals surface area contributed by atoms with Gasteiger partial charge in [-0.2, -0.15) is 0 Å². The molecule has 0 spiro atoms. The van der Waals surface area contributed by atoms with Crippen LogP contribution >= 0.6 is 11.3 Å². The summed E-state index contributed by atoms with van der Waals surface area (Å²) in [6.45, 7) is 3.02. The van der Waals surface area contributed by atoms with Crippen molar-refractivity contribution in [2.75, 3.05) is 25.2 Å². The van der Waals surface area contributed by atoms with Crippen molar-refractivity contribution in [3.05, 3.63) is 64.8 Å². The van der Waals surface area contributed by atoms with Crippen LogP contribution in [-0.2, 0) is 14.3 Å². The molecule has 2 aromatic carbocycles. The van der Waals surface area contributed by atoms with E-state index in [1.807, 2.05) is 6.20 Å². The van der Waals surface area contributed by atoms with Crippen LogP contribution in [0.25, 0.3) is 10.4 Å². The zero-order valence-corrected chi connectivity index (χ0v) is 26.3. The third kappa shape index (κ3) is 7.21. The highest BCUT2D eigenvalue weighted by Gasteiger charge is 2.33. The molecule has 3 saturated carbocycles. The number of aromatic nitrogens is 1. The summed E-state index contributed by atoms with van der Waals surface area (Å²) in [5.41, 5.74) is 4.73. The van der Waals surface area contributed by atoms with Crippen molar-refractivity contribution in [3.63, 3.8) is 0 Å². The first-order valence-electron chi connectivity index (χ1n) is 16.1. The Bertz CT molecular complexity index is 1400. The van der Waals surface area contributed by atoms with Gasteiger partial charge in [0.05, 0.1) is 23.1 Å². The number of amides is 1. The van der Waals surface area contributed by atoms with E-state index in [1.165, 1.54) is 33.9 Å². The minimum Gasteiger partial charge on any atom is -0.496 e. The standard InChI is InChI=1S/C36H44N2O4S/c1-24-20-29(14-17-33(24)41-2)26-8-6-25(7-9-26)23-38(36(40)28-12-15-32(16-13-28)42-19-18-39)31-5-3-4-30(21-31)34-22-37-35(43-34)27-10-11-27/h3-5,14,17-18,20-22,25-28,32H,6-13,15-16,19,23H2,1-2H3/t25-,26-,28?,32?. The second-order valence-electron chi connectivity index (χ2n) is 12.8. The van der Waals surface area contributed by atoms with Gasteiger partial charge < -0.3 is 19.2 Å². The lowest BCUT2D eigenvalue weighted by atomic mass is 9.78. The van der Waals surface area contributed by atoms with Crippen LogP contribution in [0.2, 0.25) is 0 Å². The number of rotatable bonds is 11. The highest BCUT2D eigenvalue weighted by molar-refractivity contribution is 7.15. The Morgan fingerprint density at radius 2 is 1.74 bits per heavy atom. The lowest BCUT2D eigenvalue weighted by Gasteiger charge is -2.36. The lowest BCUT2D eigenvalue weighted by Crippen LogP contribution is -2.42. The zero-order chi connectivity index (χ0) is 29.8. The van der Waals surface area contributed by atoms with Crippen LogP contribution in [0.1, 0.15) is 92.2 Å². The number of hydrogen-bond donors (Lipinski definition) is 0. The molecule has 1 heterocycles. The molecule has 0 unspecified atom stereocenters. The Hall–Kier alpha value is -3.03. The number of anilines is 1. The van der Waals surface area contributed by atoms with Crippen molar-refractivity contribution >= 4 is 29.2 Å². The van der Waals surface area contributed by atoms with E-state index in [2.05, 4.69) is 54.3 Å². The number of nitrogens with zero attached hydrogens (tertiary/aromatic N) is 2. The van der Waals surface area contributed by atoms with E-state index in [0.717, 1.165) is 81.2 Å². The fourth-order valence-corrected chi connectivity index (χ4v) is 8.14. The molecule has 6 nitrogen and oxygen atoms in total. The van der Waals surface area contributed by atoms with Crippen molar-refractivity contribution in [1.29, 1.82) is 0 Å². The van der Waals surface area contributed by atoms with E-state index in [-0.39, 0.29) is 24.5 Å². The molecule has 1 aromatic heterocycles. The number of hydrogen-bond acceptors (Lipinski definition) is 6. The number of ether oxygens (including phenoxy) is 2. The van der Waals surface area contributed by atoms with Crippen molar-refractivity contribution in [2.45, 2.75) is 89.1 Å². The number of thiazole rings is 1. The molecule has 0 N–H and O–H groups in total. The summed E-state index contributed by atoms with van der Waals surface area (Å²) >= 11 is 1.80. The maximum Gasteiger partial charge on any atom is 0.230 e. The van der Waals surface area contributed by atoms with Gasteiger partial charge in [-0.15, -0.1) is 11.3 Å². The Labute approximate surface area is 259 Å². The molecule has 1 amide bonds. The first-order chi connectivity index (χ1) is 21.0. The lowest BCUT2D eigenvalue weighted by molar-refractivity contribution is -0.125. The first-order valence-corrected chi connectivity index (χ1v) is 16.9. The van der Waals surface area contributed by atoms with Gasteiger partial charge in [0.25, 0.3) is 0 Å². The summed E-state index contributed by atoms with van der Waals surface area (Å²) in [7, 11) is 1.73. The van der Waals surface area contributed by atoms with Crippen LogP contribution in [0, 0.1) is 18.8 Å². The van der Waals surface area contributed by atoms with E-state index in [0.29, 0.717) is 17.8 Å². The zero-order valence-electron chi connectivity index (χ0n) is 25.5. The fourth-order valence-electron chi connectivity index (χ4n) is 7.05. The molecule has 3 aromatic rings. The number of aryl methyl sites for hydroxylation is 1. The van der Waals surface area contributed by atoms with Gasteiger partial charge >= 0.3 is 0 Å². The van der Waals surface area contributed by atoms with Crippen LogP contribution in [0.15, 0.2) is 48.7 Å². The van der Waals surface area contributed by atoms with Crippen molar-refractivity contribution in [3.8, 4) is 16.2 Å². The predicted molar refractivity (Wildman–Crippen MR) is 172 cm³/mol. The molecule has 43 heavy (non-hydrogen) atoms. The highest BCUT2D eigenvalue weighted by atomic mass is 32.1. The summed E-state index contributed by atoms with van der Waals surface area (Å²) in [6.07, 6.45) is 13.2. The topological polar surface area (TPSA) is 68.7 Å². The third-order valence-electron chi connectivity index (χ3n) is 9.76. The molecule has 0 bridgehead atoms. The van der Waals surface area contributed by atoms with Crippen molar-refractivity contribution in [2.24, 2.45) is 11.8 Å². The Kier molecular flexibility index (Phi) is 9.58. The quantitative estimate of drug-likeness (QED) is 0.208. The van der Waals surface area contributed by atoms with Gasteiger partial charge in [-0.25, -0.2) is 4.98 Å². The summed E-state index contributed by atoms with van der Waals surface area (Å²) in [6, 6.07) is 15.2. The maximum absolute atomic E-state index is 14.2. The second-order valence-corrected chi connectivity index (χ2v) is 13.8. The van der Waals surface area contributed by atoms with E-state index in [4.69, 9.17) is 14.5 Å². The van der Waals surface area contributed by atoms with Crippen LogP contribution in [0.3, 0.4) is 0 Å². The molecule has 228 valence electrons. The summed E-state index contributed by atoms with van der Waals surface area (Å²) in [4.78, 5) is 33.0. The second kappa shape index (κ2) is 13.7. The molecule has 0 radical (unpaired) electrons. The van der Waals surface area contributed by atoms with Gasteiger partial charge in [0.1, 0.15) is 18.6 Å². The average Bonchev–Trinajstić information content (AvgIpc) is 3.78. The number of benzene rings is 2. The van der Waals surface area contributed by atoms with Gasteiger partial charge in [0, 0.05) is 30.3 Å². The highest BCUT2D eigenvalue weighted by Crippen LogP contribution is 2.44. The fraction of sp³-hybridized carbons (Fsp3) is 0.528. The SMILES string of the molecule is COc1ccc([C@H]2CC[C@H](CN(C(=O)C3CCC(OCC=O)CC3)c3cccc(-c4cnc(C5CC5)s4)c3)CC2)cc1C. The molecule has 6 rings (SSSR count). The number of carbonyl (C=O) groups is 2. The van der Waals surface area contributed by atoms with E-state index in [9.17, 15) is 9.59 Å². The van der Waals surface area contributed by atoms with Gasteiger partial charge in [-0.3, -0.25) is 4.79 Å². The van der Waals surface area contributed by atoms with E-state index >= 15 is 0 Å². The van der Waals surface area contributed by atoms with Crippen molar-refractivity contribution in [1.82, 2.24) is 4.98 Å². The summed E-state index contributed by atoms with van der Waals surface area (Å²) < 4.78 is 11.2. The number of aldehydes is 1. The van der Waals surface area contributed by atoms with Gasteiger partial charge in [0.2, 0.25) is 5.91 Å². The molecule has 3 aliphatic rings. The molecule has 0 atom stereocenters. The minimum atomic E-state index is -0.0109. The molecule has 3 fully saturated rings. The molecular weight excluding hydrogens is 556 g/mol. The number of carbonyl (C=O) groups excluding carboxylic acids is 2. The smallest absolute Gasteiger partial charge is 0.230 e. The minimum absolute atomic E-state index is 0.0109. The Morgan fingerprint density at radius 3 is 2.44 bits per heavy atom. The molecule has 3 aliphatic carbocycles. The summed E-state index contributed by atoms with van der Waals surface area (Å²) in [5, 5.41) is 1.24. The predicted octanol–water partition coefficient (Wildman–Crippen LogP) is 8.09. The monoisotopic (exact) mass is 600 g/mol. The average molecular weight is 601 g/mol. The van der Waals surface area contributed by atoms with Crippen LogP contribution in [-0.4, -0.2) is 43.5 Å². The van der Waals surface area contributed by atoms with Gasteiger partial charge in [-0.1, -0.05) is 24.3 Å². The first kappa shape index (κ1) is 30.0. The van der Waals surface area contributed by atoms with E-state index < -0.39 is 0 Å². The van der Waals surface area contributed by atoms with E-state index in [1.54, 1.807) is 18.4 Å². The molecule has 0 saturated heterocycles. The van der Waals surface area contributed by atoms with Crippen LogP contribution in [0.5, 0.6) is 5.75 Å². The third-order valence-corrected chi connectivity index (χ3v) is 11.0. The maximum atomic E-state index is 14.2. The number of methoxy groups -OCH3 is 1. The van der Waals surface area contributed by atoms with Crippen LogP contribution in [0.4, 0.5) is 5.69 Å². The molecular formula is C36H44N2O4S. The Morgan fingerprint density at radius 1 is 0.977 bits per heavy atom. The summed E-state index contributed by atoms with van der Waals surface area (Å²) in [5.74, 6) is 2.84. The van der Waals surface area contributed by atoms with Gasteiger partial charge in [0.15, 0.2) is 0 Å². The van der Waals surface area contributed by atoms with Gasteiger partial charge in [-0.05, 0) is 118 Å². The largest absolute Gasteiger partial charge is 0.496 e. The van der Waals surface area contributed by atoms with Crippen LogP contribution < -0.4 is 9.64 Å².